The van der Waals surface area contributed by atoms with E-state index in [9.17, 15) is 0 Å². The predicted octanol–water partition coefficient (Wildman–Crippen LogP) is 14.1. The van der Waals surface area contributed by atoms with E-state index in [-0.39, 0.29) is 29.9 Å². The van der Waals surface area contributed by atoms with Gasteiger partial charge >= 0.3 is 0 Å². The zero-order valence-electron chi connectivity index (χ0n) is 30.3. The number of rotatable bonds is 13. The minimum atomic E-state index is -0.228. The molecule has 50 heavy (non-hydrogen) atoms. The van der Waals surface area contributed by atoms with Crippen LogP contribution in [-0.4, -0.2) is 0 Å². The minimum absolute atomic E-state index is 0.228. The van der Waals surface area contributed by atoms with Crippen LogP contribution >= 0.6 is 18.1 Å². The predicted molar refractivity (Wildman–Crippen MR) is 215 cm³/mol. The van der Waals surface area contributed by atoms with Crippen LogP contribution in [0.1, 0.15) is 101 Å². The molecule has 0 heterocycles. The summed E-state index contributed by atoms with van der Waals surface area (Å²) < 4.78 is 26.0. The molecule has 2 atom stereocenters. The molecule has 6 aromatic carbocycles. The van der Waals surface area contributed by atoms with Gasteiger partial charge < -0.3 is 18.1 Å². The van der Waals surface area contributed by atoms with E-state index in [0.717, 1.165) is 56.0 Å². The van der Waals surface area contributed by atoms with Gasteiger partial charge in [0.15, 0.2) is 0 Å². The molecular weight excluding hydrogens is 654 g/mol. The second kappa shape index (κ2) is 15.8. The average Bonchev–Trinajstić information content (AvgIpc) is 3.11. The topological polar surface area (TPSA) is 36.9 Å². The summed E-state index contributed by atoms with van der Waals surface area (Å²) in [4.78, 5) is 0. The number of fused-ring (bicyclic) bond motifs is 2. The van der Waals surface area contributed by atoms with Crippen molar-refractivity contribution in [2.24, 2.45) is 0 Å². The van der Waals surface area contributed by atoms with Crippen molar-refractivity contribution in [2.75, 3.05) is 0 Å². The molecule has 0 bridgehead atoms. The molecule has 0 amide bonds. The third-order valence-corrected chi connectivity index (χ3v) is 10.4. The van der Waals surface area contributed by atoms with Crippen molar-refractivity contribution in [1.82, 2.24) is 0 Å². The molecule has 0 aliphatic rings. The standard InChI is InChI=1S/C44H48O4P2/c1-27(2)35-23-39(29(5)6)43(47-49-45-37-19-17-31-13-9-11-15-33(31)21-37)41(25-35)42-26-36(28(3)4)24-40(30(7)8)44(42)48-50-46-38-20-18-32-14-10-12-16-34(32)22-38/h9-30,49-50H,1-8H3. The number of hydrogen-bond donors (Lipinski definition) is 0. The van der Waals surface area contributed by atoms with Crippen LogP contribution in [0.15, 0.2) is 109 Å². The lowest BCUT2D eigenvalue weighted by molar-refractivity contribution is 0.505. The zero-order valence-corrected chi connectivity index (χ0v) is 32.3. The third kappa shape index (κ3) is 8.10. The van der Waals surface area contributed by atoms with E-state index < -0.39 is 0 Å². The Kier molecular flexibility index (Phi) is 11.3. The van der Waals surface area contributed by atoms with Crippen LogP contribution in [0.5, 0.6) is 23.0 Å². The summed E-state index contributed by atoms with van der Waals surface area (Å²) in [6.07, 6.45) is 0. The smallest absolute Gasteiger partial charge is 0.275 e. The molecule has 6 heteroatoms. The van der Waals surface area contributed by atoms with E-state index in [4.69, 9.17) is 18.1 Å². The molecule has 0 aliphatic heterocycles. The first-order valence-corrected chi connectivity index (χ1v) is 19.2. The van der Waals surface area contributed by atoms with Gasteiger partial charge in [0.1, 0.15) is 23.0 Å². The summed E-state index contributed by atoms with van der Waals surface area (Å²) in [6, 6.07) is 38.1. The molecule has 6 aromatic rings. The Hall–Kier alpha value is -4.10. The van der Waals surface area contributed by atoms with Crippen LogP contribution in [0, 0.1) is 0 Å². The lowest BCUT2D eigenvalue weighted by atomic mass is 9.86. The molecule has 0 N–H and O–H groups in total. The highest BCUT2D eigenvalue weighted by Gasteiger charge is 2.25. The SMILES string of the molecule is CC(C)c1cc(-c2cc(C(C)C)cc(C(C)C)c2OPOc2ccc3ccccc3c2)c(OPOc2ccc3ccccc3c2)c(C(C)C)c1. The van der Waals surface area contributed by atoms with Crippen LogP contribution in [0.3, 0.4) is 0 Å². The average molecular weight is 703 g/mol. The summed E-state index contributed by atoms with van der Waals surface area (Å²) in [5.74, 6) is 4.36. The van der Waals surface area contributed by atoms with Crippen LogP contribution in [0.25, 0.3) is 32.7 Å². The van der Waals surface area contributed by atoms with E-state index >= 15 is 0 Å². The van der Waals surface area contributed by atoms with Gasteiger partial charge in [0.05, 0.1) is 0 Å². The Morgan fingerprint density at radius 3 is 1.12 bits per heavy atom. The summed E-state index contributed by atoms with van der Waals surface area (Å²) in [7, 11) is -0.456. The Morgan fingerprint density at radius 2 is 0.760 bits per heavy atom. The van der Waals surface area contributed by atoms with Gasteiger partial charge in [0.25, 0.3) is 18.1 Å². The first-order chi connectivity index (χ1) is 24.1. The molecule has 4 nitrogen and oxygen atoms in total. The maximum absolute atomic E-state index is 6.73. The number of benzene rings is 6. The van der Waals surface area contributed by atoms with Crippen molar-refractivity contribution in [1.29, 1.82) is 0 Å². The summed E-state index contributed by atoms with van der Waals surface area (Å²) in [5, 5.41) is 4.64. The van der Waals surface area contributed by atoms with Crippen LogP contribution in [0.4, 0.5) is 0 Å². The first-order valence-electron chi connectivity index (χ1n) is 17.6. The Balaban J connectivity index is 1.41. The van der Waals surface area contributed by atoms with Gasteiger partial charge in [-0.15, -0.1) is 0 Å². The molecule has 0 saturated heterocycles. The molecule has 258 valence electrons. The van der Waals surface area contributed by atoms with E-state index in [1.54, 1.807) is 0 Å². The maximum atomic E-state index is 6.73. The fraction of sp³-hybridized carbons (Fsp3) is 0.273. The van der Waals surface area contributed by atoms with E-state index in [0.29, 0.717) is 11.8 Å². The molecule has 0 radical (unpaired) electrons. The second-order valence-electron chi connectivity index (χ2n) is 14.2. The summed E-state index contributed by atoms with van der Waals surface area (Å²) in [6.45, 7) is 17.9. The van der Waals surface area contributed by atoms with Gasteiger partial charge in [-0.1, -0.05) is 128 Å². The molecule has 0 spiro atoms. The van der Waals surface area contributed by atoms with Crippen molar-refractivity contribution in [3.05, 3.63) is 131 Å². The zero-order chi connectivity index (χ0) is 35.4. The lowest BCUT2D eigenvalue weighted by Gasteiger charge is -2.25. The van der Waals surface area contributed by atoms with Crippen LogP contribution in [-0.2, 0) is 0 Å². The molecular formula is C44H48O4P2. The van der Waals surface area contributed by atoms with Gasteiger partial charge in [-0.3, -0.25) is 0 Å². The van der Waals surface area contributed by atoms with Crippen LogP contribution in [0.2, 0.25) is 0 Å². The monoisotopic (exact) mass is 702 g/mol. The molecule has 0 aliphatic carbocycles. The van der Waals surface area contributed by atoms with Gasteiger partial charge in [0, 0.05) is 11.1 Å². The van der Waals surface area contributed by atoms with Crippen molar-refractivity contribution in [3.8, 4) is 34.1 Å². The second-order valence-corrected chi connectivity index (χ2v) is 15.3. The fourth-order valence-corrected chi connectivity index (χ4v) is 7.34. The Bertz CT molecular complexity index is 1950. The van der Waals surface area contributed by atoms with Crippen molar-refractivity contribution in [2.45, 2.75) is 79.1 Å². The Morgan fingerprint density at radius 1 is 0.380 bits per heavy atom. The quantitative estimate of drug-likeness (QED) is 0.112. The third-order valence-electron chi connectivity index (χ3n) is 9.20. The summed E-state index contributed by atoms with van der Waals surface area (Å²) in [5.41, 5.74) is 6.87. The molecule has 2 unspecified atom stereocenters. The highest BCUT2D eigenvalue weighted by molar-refractivity contribution is 7.27. The normalized spacial score (nSPS) is 12.2. The first kappa shape index (κ1) is 35.7. The van der Waals surface area contributed by atoms with E-state index in [1.807, 2.05) is 24.3 Å². The maximum Gasteiger partial charge on any atom is 0.275 e. The van der Waals surface area contributed by atoms with Crippen molar-refractivity contribution in [3.63, 3.8) is 0 Å². The summed E-state index contributed by atoms with van der Waals surface area (Å²) >= 11 is 0. The van der Waals surface area contributed by atoms with Gasteiger partial charge in [0.2, 0.25) is 0 Å². The molecule has 0 saturated carbocycles. The van der Waals surface area contributed by atoms with E-state index in [1.165, 1.54) is 21.9 Å². The van der Waals surface area contributed by atoms with Crippen molar-refractivity contribution < 1.29 is 18.1 Å². The molecule has 0 aromatic heterocycles. The highest BCUT2D eigenvalue weighted by atomic mass is 31.1. The molecule has 0 fully saturated rings. The van der Waals surface area contributed by atoms with Gasteiger partial charge in [-0.25, -0.2) is 0 Å². The Labute approximate surface area is 301 Å². The number of hydrogen-bond acceptors (Lipinski definition) is 4. The minimum Gasteiger partial charge on any atom is -0.441 e. The van der Waals surface area contributed by atoms with Crippen LogP contribution < -0.4 is 18.1 Å². The molecule has 6 rings (SSSR count). The lowest BCUT2D eigenvalue weighted by Crippen LogP contribution is -2.04. The fourth-order valence-electron chi connectivity index (χ4n) is 6.18. The largest absolute Gasteiger partial charge is 0.441 e. The van der Waals surface area contributed by atoms with E-state index in [2.05, 4.69) is 140 Å². The highest BCUT2D eigenvalue weighted by Crippen LogP contribution is 2.49. The van der Waals surface area contributed by atoms with Crippen molar-refractivity contribution >= 4 is 39.6 Å². The van der Waals surface area contributed by atoms with Gasteiger partial charge in [-0.05, 0) is 104 Å². The van der Waals surface area contributed by atoms with Gasteiger partial charge in [-0.2, -0.15) is 0 Å².